The molecule has 0 spiro atoms. The van der Waals surface area contributed by atoms with Gasteiger partial charge in [-0.15, -0.1) is 12.4 Å². The van der Waals surface area contributed by atoms with E-state index in [9.17, 15) is 9.59 Å². The maximum Gasteiger partial charge on any atom is 0.239 e. The Hall–Kier alpha value is -1.63. The number of piperazine rings is 1. The minimum absolute atomic E-state index is 0. The van der Waals surface area contributed by atoms with Gasteiger partial charge in [0.05, 0.1) is 11.5 Å². The van der Waals surface area contributed by atoms with Crippen molar-refractivity contribution in [1.29, 1.82) is 0 Å². The van der Waals surface area contributed by atoms with Crippen LogP contribution in [0.4, 0.5) is 0 Å². The highest BCUT2D eigenvalue weighted by atomic mass is 35.5. The van der Waals surface area contributed by atoms with Crippen LogP contribution in [0.25, 0.3) is 0 Å². The van der Waals surface area contributed by atoms with Gasteiger partial charge in [-0.1, -0.05) is 30.3 Å². The zero-order valence-electron chi connectivity index (χ0n) is 16.8. The normalized spacial score (nSPS) is 19.7. The highest BCUT2D eigenvalue weighted by Gasteiger charge is 2.37. The van der Waals surface area contributed by atoms with Crippen LogP contribution >= 0.6 is 12.4 Å². The van der Waals surface area contributed by atoms with Gasteiger partial charge < -0.3 is 20.3 Å². The Morgan fingerprint density at radius 2 is 1.57 bits per heavy atom. The Labute approximate surface area is 173 Å². The predicted octanol–water partition coefficient (Wildman–Crippen LogP) is 1.81. The van der Waals surface area contributed by atoms with Crippen molar-refractivity contribution in [1.82, 2.24) is 9.80 Å². The molecule has 156 valence electrons. The molecule has 2 fully saturated rings. The van der Waals surface area contributed by atoms with Gasteiger partial charge >= 0.3 is 0 Å². The lowest BCUT2D eigenvalue weighted by Crippen LogP contribution is -2.58. The summed E-state index contributed by atoms with van der Waals surface area (Å²) in [6, 6.07) is 9.39. The molecule has 0 bridgehead atoms. The maximum absolute atomic E-state index is 13.1. The summed E-state index contributed by atoms with van der Waals surface area (Å²) in [6.45, 7) is 7.50. The lowest BCUT2D eigenvalue weighted by atomic mass is 9.83. The molecule has 2 amide bonds. The highest BCUT2D eigenvalue weighted by Crippen LogP contribution is 2.26. The van der Waals surface area contributed by atoms with Gasteiger partial charge in [0, 0.05) is 39.4 Å². The van der Waals surface area contributed by atoms with E-state index in [1.54, 1.807) is 0 Å². The fourth-order valence-electron chi connectivity index (χ4n) is 3.99. The smallest absolute Gasteiger partial charge is 0.239 e. The Kier molecular flexibility index (Phi) is 7.87. The van der Waals surface area contributed by atoms with Gasteiger partial charge in [0.1, 0.15) is 0 Å². The van der Waals surface area contributed by atoms with Crippen molar-refractivity contribution in [3.8, 4) is 0 Å². The molecule has 0 aliphatic carbocycles. The van der Waals surface area contributed by atoms with Crippen molar-refractivity contribution in [2.45, 2.75) is 38.1 Å². The second-order valence-corrected chi connectivity index (χ2v) is 8.08. The van der Waals surface area contributed by atoms with Gasteiger partial charge in [0.25, 0.3) is 0 Å². The molecule has 28 heavy (non-hydrogen) atoms. The minimum atomic E-state index is -0.577. The number of carbonyl (C=O) groups is 2. The van der Waals surface area contributed by atoms with E-state index in [2.05, 4.69) is 0 Å². The molecule has 2 aliphatic heterocycles. The Balaban J connectivity index is 0.00000280. The fraction of sp³-hybridized carbons (Fsp3) is 0.619. The second kappa shape index (κ2) is 9.72. The molecule has 3 rings (SSSR count). The third-order valence-corrected chi connectivity index (χ3v) is 5.97. The molecule has 2 N–H and O–H groups in total. The molecule has 0 aromatic heterocycles. The Bertz CT molecular complexity index is 654. The van der Waals surface area contributed by atoms with Crippen LogP contribution in [0.15, 0.2) is 30.3 Å². The van der Waals surface area contributed by atoms with Crippen LogP contribution in [0.2, 0.25) is 0 Å². The maximum atomic E-state index is 13.1. The number of benzene rings is 1. The number of halogens is 1. The average Bonchev–Trinajstić information content (AvgIpc) is 2.73. The zero-order valence-corrected chi connectivity index (χ0v) is 17.6. The van der Waals surface area contributed by atoms with Crippen LogP contribution in [0.1, 0.15) is 32.3 Å². The van der Waals surface area contributed by atoms with E-state index in [0.29, 0.717) is 39.4 Å². The molecular formula is C21H32ClN3O3. The van der Waals surface area contributed by atoms with Crippen LogP contribution in [0.5, 0.6) is 0 Å². The summed E-state index contributed by atoms with van der Waals surface area (Å²) in [4.78, 5) is 29.5. The third-order valence-electron chi connectivity index (χ3n) is 5.97. The first-order valence-corrected chi connectivity index (χ1v) is 9.88. The highest BCUT2D eigenvalue weighted by molar-refractivity contribution is 5.88. The summed E-state index contributed by atoms with van der Waals surface area (Å²) < 4.78 is 5.36. The number of nitrogens with zero attached hydrogens (tertiary/aromatic N) is 2. The molecule has 1 unspecified atom stereocenters. The number of rotatable bonds is 4. The monoisotopic (exact) mass is 409 g/mol. The zero-order chi connectivity index (χ0) is 19.4. The molecule has 2 saturated heterocycles. The molecule has 0 radical (unpaired) electrons. The minimum Gasteiger partial charge on any atom is -0.381 e. The van der Waals surface area contributed by atoms with Gasteiger partial charge in [-0.25, -0.2) is 0 Å². The number of hydrogen-bond acceptors (Lipinski definition) is 4. The van der Waals surface area contributed by atoms with Crippen molar-refractivity contribution in [2.75, 3.05) is 39.4 Å². The van der Waals surface area contributed by atoms with E-state index >= 15 is 0 Å². The summed E-state index contributed by atoms with van der Waals surface area (Å²) in [5.74, 6) is 0.314. The molecule has 7 heteroatoms. The summed E-state index contributed by atoms with van der Waals surface area (Å²) in [5.41, 5.74) is 6.67. The standard InChI is InChI=1S/C21H31N3O3.ClH/c1-21(2,17-6-4-3-5-7-17)20(26)24-12-10-23(11-13-24)19(25)18(22)16-8-14-27-15-9-16;/h3-7,16,18H,8-15,22H2,1-2H3;1H. The van der Waals surface area contributed by atoms with Gasteiger partial charge in [-0.05, 0) is 38.2 Å². The number of ether oxygens (including phenoxy) is 1. The lowest BCUT2D eigenvalue weighted by molar-refractivity contribution is -0.144. The van der Waals surface area contributed by atoms with Crippen LogP contribution in [-0.4, -0.2) is 67.0 Å². The third kappa shape index (κ3) is 4.85. The summed E-state index contributed by atoms with van der Waals surface area (Å²) in [5, 5.41) is 0. The average molecular weight is 410 g/mol. The molecule has 2 heterocycles. The van der Waals surface area contributed by atoms with Gasteiger partial charge in [-0.3, -0.25) is 9.59 Å². The van der Waals surface area contributed by atoms with Gasteiger partial charge in [0.2, 0.25) is 11.8 Å². The first-order chi connectivity index (χ1) is 12.9. The van der Waals surface area contributed by atoms with Crippen LogP contribution in [0, 0.1) is 5.92 Å². The quantitative estimate of drug-likeness (QED) is 0.822. The molecule has 6 nitrogen and oxygen atoms in total. The molecule has 0 saturated carbocycles. The topological polar surface area (TPSA) is 75.9 Å². The van der Waals surface area contributed by atoms with Crippen LogP contribution < -0.4 is 5.73 Å². The second-order valence-electron chi connectivity index (χ2n) is 8.08. The van der Waals surface area contributed by atoms with Crippen molar-refractivity contribution >= 4 is 24.2 Å². The molecule has 1 aromatic rings. The molecular weight excluding hydrogens is 378 g/mol. The van der Waals surface area contributed by atoms with Crippen LogP contribution in [0.3, 0.4) is 0 Å². The number of amides is 2. The van der Waals surface area contributed by atoms with Gasteiger partial charge in [0.15, 0.2) is 0 Å². The first kappa shape index (κ1) is 22.7. The van der Waals surface area contributed by atoms with Crippen LogP contribution in [-0.2, 0) is 19.7 Å². The van der Waals surface area contributed by atoms with Crippen molar-refractivity contribution < 1.29 is 14.3 Å². The van der Waals surface area contributed by atoms with E-state index < -0.39 is 11.5 Å². The van der Waals surface area contributed by atoms with E-state index in [-0.39, 0.29) is 30.1 Å². The molecule has 2 aliphatic rings. The number of carbonyl (C=O) groups excluding carboxylic acids is 2. The first-order valence-electron chi connectivity index (χ1n) is 9.88. The summed E-state index contributed by atoms with van der Waals surface area (Å²) in [7, 11) is 0. The predicted molar refractivity (Wildman–Crippen MR) is 111 cm³/mol. The largest absolute Gasteiger partial charge is 0.381 e. The summed E-state index contributed by atoms with van der Waals surface area (Å²) in [6.07, 6.45) is 1.69. The lowest BCUT2D eigenvalue weighted by Gasteiger charge is -2.40. The van der Waals surface area contributed by atoms with Gasteiger partial charge in [-0.2, -0.15) is 0 Å². The van der Waals surface area contributed by atoms with Crippen molar-refractivity contribution in [2.24, 2.45) is 11.7 Å². The summed E-state index contributed by atoms with van der Waals surface area (Å²) >= 11 is 0. The van der Waals surface area contributed by atoms with E-state index in [1.807, 2.05) is 54.0 Å². The molecule has 1 aromatic carbocycles. The van der Waals surface area contributed by atoms with E-state index in [4.69, 9.17) is 10.5 Å². The molecule has 1 atom stereocenters. The van der Waals surface area contributed by atoms with E-state index in [1.165, 1.54) is 0 Å². The Morgan fingerprint density at radius 1 is 1.04 bits per heavy atom. The van der Waals surface area contributed by atoms with E-state index in [0.717, 1.165) is 18.4 Å². The van der Waals surface area contributed by atoms with Crippen molar-refractivity contribution in [3.63, 3.8) is 0 Å². The Morgan fingerprint density at radius 3 is 2.14 bits per heavy atom. The SMILES string of the molecule is CC(C)(C(=O)N1CCN(C(=O)C(N)C2CCOCC2)CC1)c1ccccc1.Cl. The number of nitrogens with two attached hydrogens (primary N) is 1. The van der Waals surface area contributed by atoms with Crippen molar-refractivity contribution in [3.05, 3.63) is 35.9 Å². The number of hydrogen-bond donors (Lipinski definition) is 1. The fourth-order valence-corrected chi connectivity index (χ4v) is 3.99.